The number of para-hydroxylation sites is 1. The molecule has 0 amide bonds. The van der Waals surface area contributed by atoms with Gasteiger partial charge in [0.05, 0.1) is 18.9 Å². The number of fused-ring (bicyclic) bond motifs is 1. The molecule has 2 aromatic heterocycles. The van der Waals surface area contributed by atoms with E-state index in [1.165, 1.54) is 5.56 Å². The number of anilines is 1. The zero-order valence-electron chi connectivity index (χ0n) is 18.1. The Balaban J connectivity index is 1.28. The summed E-state index contributed by atoms with van der Waals surface area (Å²) < 4.78 is 11.3. The van der Waals surface area contributed by atoms with Crippen molar-refractivity contribution in [3.05, 3.63) is 78.4 Å². The van der Waals surface area contributed by atoms with E-state index in [4.69, 9.17) is 14.1 Å². The fraction of sp³-hybridized carbons (Fsp3) is 0.360. The van der Waals surface area contributed by atoms with Crippen LogP contribution >= 0.6 is 0 Å². The van der Waals surface area contributed by atoms with Crippen molar-refractivity contribution in [2.45, 2.75) is 31.3 Å². The SMILES string of the molecule is c1ccc(N2CCC(NC(=NCCc3ccco3)NC3CCOc4ccccc43)C2)nc1. The van der Waals surface area contributed by atoms with Gasteiger partial charge < -0.3 is 24.7 Å². The third kappa shape index (κ3) is 4.88. The number of furan rings is 1. The van der Waals surface area contributed by atoms with E-state index in [1.807, 2.05) is 42.6 Å². The molecule has 0 saturated carbocycles. The molecule has 7 heteroatoms. The molecular weight excluding hydrogens is 402 g/mol. The minimum Gasteiger partial charge on any atom is -0.493 e. The maximum Gasteiger partial charge on any atom is 0.192 e. The minimum atomic E-state index is 0.170. The van der Waals surface area contributed by atoms with Crippen LogP contribution < -0.4 is 20.3 Å². The predicted molar refractivity (Wildman–Crippen MR) is 125 cm³/mol. The number of nitrogens with one attached hydrogen (secondary N) is 2. The molecule has 166 valence electrons. The van der Waals surface area contributed by atoms with Gasteiger partial charge in [-0.25, -0.2) is 4.98 Å². The van der Waals surface area contributed by atoms with Crippen LogP contribution in [-0.4, -0.2) is 43.2 Å². The smallest absolute Gasteiger partial charge is 0.192 e. The maximum absolute atomic E-state index is 5.84. The summed E-state index contributed by atoms with van der Waals surface area (Å²) in [7, 11) is 0. The number of hydrogen-bond acceptors (Lipinski definition) is 5. The quantitative estimate of drug-likeness (QED) is 0.459. The van der Waals surface area contributed by atoms with Crippen molar-refractivity contribution in [1.29, 1.82) is 0 Å². The van der Waals surface area contributed by atoms with E-state index >= 15 is 0 Å². The molecule has 0 bridgehead atoms. The molecule has 2 N–H and O–H groups in total. The first kappa shape index (κ1) is 20.4. The Morgan fingerprint density at radius 2 is 2.00 bits per heavy atom. The maximum atomic E-state index is 5.84. The van der Waals surface area contributed by atoms with Gasteiger partial charge in [-0.1, -0.05) is 24.3 Å². The Bertz CT molecular complexity index is 1020. The van der Waals surface area contributed by atoms with Gasteiger partial charge in [0.1, 0.15) is 17.3 Å². The van der Waals surface area contributed by atoms with Gasteiger partial charge in [-0.3, -0.25) is 4.99 Å². The third-order valence-corrected chi connectivity index (χ3v) is 5.98. The summed E-state index contributed by atoms with van der Waals surface area (Å²) >= 11 is 0. The second-order valence-electron chi connectivity index (χ2n) is 8.20. The molecule has 1 fully saturated rings. The molecule has 4 heterocycles. The highest BCUT2D eigenvalue weighted by molar-refractivity contribution is 5.81. The van der Waals surface area contributed by atoms with Gasteiger partial charge in [-0.05, 0) is 36.8 Å². The molecule has 3 aromatic rings. The van der Waals surface area contributed by atoms with Crippen LogP contribution in [0.5, 0.6) is 5.75 Å². The summed E-state index contributed by atoms with van der Waals surface area (Å²) in [6.07, 6.45) is 6.28. The predicted octanol–water partition coefficient (Wildman–Crippen LogP) is 3.56. The van der Waals surface area contributed by atoms with Crippen LogP contribution in [0.3, 0.4) is 0 Å². The van der Waals surface area contributed by atoms with Crippen molar-refractivity contribution >= 4 is 11.8 Å². The summed E-state index contributed by atoms with van der Waals surface area (Å²) in [6.45, 7) is 3.24. The van der Waals surface area contributed by atoms with E-state index in [2.05, 4.69) is 38.7 Å². The average Bonchev–Trinajstić information content (AvgIpc) is 3.52. The van der Waals surface area contributed by atoms with Gasteiger partial charge in [0.15, 0.2) is 5.96 Å². The van der Waals surface area contributed by atoms with Gasteiger partial charge in [0.2, 0.25) is 0 Å². The molecule has 0 spiro atoms. The minimum absolute atomic E-state index is 0.170. The number of benzene rings is 1. The fourth-order valence-corrected chi connectivity index (χ4v) is 4.34. The highest BCUT2D eigenvalue weighted by atomic mass is 16.5. The highest BCUT2D eigenvalue weighted by Gasteiger charge is 2.26. The molecule has 2 aliphatic heterocycles. The zero-order valence-corrected chi connectivity index (χ0v) is 18.1. The Hall–Kier alpha value is -3.48. The molecule has 0 radical (unpaired) electrons. The number of pyridine rings is 1. The monoisotopic (exact) mass is 431 g/mol. The second-order valence-corrected chi connectivity index (χ2v) is 8.20. The van der Waals surface area contributed by atoms with Crippen molar-refractivity contribution in [3.63, 3.8) is 0 Å². The number of nitrogens with zero attached hydrogens (tertiary/aromatic N) is 3. The Labute approximate surface area is 188 Å². The Kier molecular flexibility index (Phi) is 6.23. The fourth-order valence-electron chi connectivity index (χ4n) is 4.34. The van der Waals surface area contributed by atoms with Gasteiger partial charge in [-0.2, -0.15) is 0 Å². The normalized spacial score (nSPS) is 20.5. The standard InChI is InChI=1S/C25H29N5O2/c1-2-8-23-21(7-1)22(12-17-32-23)29-25(27-14-10-20-6-5-16-31-20)28-19-11-15-30(18-19)24-9-3-4-13-26-24/h1-9,13,16,19,22H,10-12,14-15,17-18H2,(H2,27,28,29). The van der Waals surface area contributed by atoms with E-state index in [0.717, 1.165) is 55.6 Å². The number of rotatable bonds is 6. The number of aromatic nitrogens is 1. The van der Waals surface area contributed by atoms with Gasteiger partial charge in [-0.15, -0.1) is 0 Å². The number of guanidine groups is 1. The van der Waals surface area contributed by atoms with Gasteiger partial charge >= 0.3 is 0 Å². The molecule has 32 heavy (non-hydrogen) atoms. The molecular formula is C25H29N5O2. The molecule has 2 unspecified atom stereocenters. The van der Waals surface area contributed by atoms with Crippen LogP contribution in [0.2, 0.25) is 0 Å². The lowest BCUT2D eigenvalue weighted by molar-refractivity contribution is 0.261. The summed E-state index contributed by atoms with van der Waals surface area (Å²) in [5.74, 6) is 3.77. The van der Waals surface area contributed by atoms with Crippen molar-refractivity contribution in [2.75, 3.05) is 31.1 Å². The molecule has 7 nitrogen and oxygen atoms in total. The van der Waals surface area contributed by atoms with E-state index in [-0.39, 0.29) is 6.04 Å². The molecule has 2 aliphatic rings. The molecule has 1 aromatic carbocycles. The van der Waals surface area contributed by atoms with Crippen molar-refractivity contribution < 1.29 is 9.15 Å². The van der Waals surface area contributed by atoms with E-state index in [9.17, 15) is 0 Å². The molecule has 5 rings (SSSR count). The lowest BCUT2D eigenvalue weighted by Gasteiger charge is -2.29. The van der Waals surface area contributed by atoms with Crippen molar-refractivity contribution in [2.24, 2.45) is 4.99 Å². The van der Waals surface area contributed by atoms with E-state index in [1.54, 1.807) is 6.26 Å². The number of hydrogen-bond donors (Lipinski definition) is 2. The van der Waals surface area contributed by atoms with Crippen LogP contribution in [0.25, 0.3) is 0 Å². The number of aliphatic imine (C=N–C) groups is 1. The second kappa shape index (κ2) is 9.77. The van der Waals surface area contributed by atoms with E-state index in [0.29, 0.717) is 19.2 Å². The molecule has 2 atom stereocenters. The summed E-state index contributed by atoms with van der Waals surface area (Å²) in [4.78, 5) is 11.7. The first-order valence-corrected chi connectivity index (χ1v) is 11.3. The largest absolute Gasteiger partial charge is 0.493 e. The van der Waals surface area contributed by atoms with Crippen LogP contribution in [0, 0.1) is 0 Å². The lowest BCUT2D eigenvalue weighted by Crippen LogP contribution is -2.46. The van der Waals surface area contributed by atoms with Gasteiger partial charge in [0, 0.05) is 50.3 Å². The van der Waals surface area contributed by atoms with Crippen LogP contribution in [0.1, 0.15) is 30.2 Å². The highest BCUT2D eigenvalue weighted by Crippen LogP contribution is 2.31. The topological polar surface area (TPSA) is 74.9 Å². The summed E-state index contributed by atoms with van der Waals surface area (Å²) in [5, 5.41) is 7.34. The van der Waals surface area contributed by atoms with Crippen LogP contribution in [0.15, 0.2) is 76.5 Å². The molecule has 1 saturated heterocycles. The van der Waals surface area contributed by atoms with Gasteiger partial charge in [0.25, 0.3) is 0 Å². The van der Waals surface area contributed by atoms with Crippen LogP contribution in [-0.2, 0) is 6.42 Å². The summed E-state index contributed by atoms with van der Waals surface area (Å²) in [6, 6.07) is 18.7. The van der Waals surface area contributed by atoms with Crippen LogP contribution in [0.4, 0.5) is 5.82 Å². The zero-order chi connectivity index (χ0) is 21.6. The van der Waals surface area contributed by atoms with Crippen molar-refractivity contribution in [1.82, 2.24) is 15.6 Å². The molecule has 0 aliphatic carbocycles. The lowest BCUT2D eigenvalue weighted by atomic mass is 10.0. The van der Waals surface area contributed by atoms with E-state index < -0.39 is 0 Å². The summed E-state index contributed by atoms with van der Waals surface area (Å²) in [5.41, 5.74) is 1.18. The third-order valence-electron chi connectivity index (χ3n) is 5.98. The number of ether oxygens (including phenoxy) is 1. The Morgan fingerprint density at radius 3 is 2.88 bits per heavy atom. The first-order valence-electron chi connectivity index (χ1n) is 11.3. The first-order chi connectivity index (χ1) is 15.8. The Morgan fingerprint density at radius 1 is 1.06 bits per heavy atom. The average molecular weight is 432 g/mol. The van der Waals surface area contributed by atoms with Crippen molar-refractivity contribution in [3.8, 4) is 5.75 Å².